The van der Waals surface area contributed by atoms with E-state index in [-0.39, 0.29) is 5.57 Å². The number of carboxylic acids is 1. The van der Waals surface area contributed by atoms with Gasteiger partial charge in [0.1, 0.15) is 0 Å². The Morgan fingerprint density at radius 3 is 2.83 bits per heavy atom. The summed E-state index contributed by atoms with van der Waals surface area (Å²) in [5.41, 5.74) is 0.888. The number of carbonyl (C=O) groups is 1. The Bertz CT molecular complexity index is 293. The molecule has 0 radical (unpaired) electrons. The number of rotatable bonds is 3. The molecule has 0 bridgehead atoms. The third-order valence-corrected chi connectivity index (χ3v) is 1.42. The van der Waals surface area contributed by atoms with Gasteiger partial charge in [0.05, 0.1) is 0 Å². The fourth-order valence-corrected chi connectivity index (χ4v) is 0.797. The van der Waals surface area contributed by atoms with E-state index < -0.39 is 5.97 Å². The highest BCUT2D eigenvalue weighted by atomic mass is 16.4. The Balaban J connectivity index is 2.65. The lowest BCUT2D eigenvalue weighted by atomic mass is 10.1. The van der Waals surface area contributed by atoms with E-state index in [9.17, 15) is 4.79 Å². The van der Waals surface area contributed by atoms with Gasteiger partial charge in [-0.2, -0.15) is 0 Å². The van der Waals surface area contributed by atoms with Crippen LogP contribution in [0.3, 0.4) is 0 Å². The Labute approximate surface area is 70.4 Å². The van der Waals surface area contributed by atoms with Gasteiger partial charge < -0.3 is 5.11 Å². The van der Waals surface area contributed by atoms with Crippen molar-refractivity contribution in [2.45, 2.75) is 6.42 Å². The zero-order valence-corrected chi connectivity index (χ0v) is 6.53. The van der Waals surface area contributed by atoms with E-state index >= 15 is 0 Å². The molecule has 0 unspecified atom stereocenters. The second-order valence-electron chi connectivity index (χ2n) is 2.41. The molecule has 0 aliphatic heterocycles. The maximum atomic E-state index is 10.4. The first-order valence-electron chi connectivity index (χ1n) is 3.51. The van der Waals surface area contributed by atoms with Crippen LogP contribution in [0, 0.1) is 0 Å². The van der Waals surface area contributed by atoms with E-state index in [0.29, 0.717) is 6.42 Å². The van der Waals surface area contributed by atoms with Gasteiger partial charge in [-0.05, 0) is 12.1 Å². The van der Waals surface area contributed by atoms with Crippen molar-refractivity contribution in [1.82, 2.24) is 4.98 Å². The van der Waals surface area contributed by atoms with Crippen LogP contribution in [0.25, 0.3) is 0 Å². The molecule has 0 fully saturated rings. The molecule has 0 aliphatic carbocycles. The lowest BCUT2D eigenvalue weighted by Gasteiger charge is -1.98. The van der Waals surface area contributed by atoms with Gasteiger partial charge >= 0.3 is 5.97 Å². The summed E-state index contributed by atoms with van der Waals surface area (Å²) < 4.78 is 0. The van der Waals surface area contributed by atoms with Crippen LogP contribution in [0.5, 0.6) is 0 Å². The van der Waals surface area contributed by atoms with Gasteiger partial charge in [-0.15, -0.1) is 0 Å². The Morgan fingerprint density at radius 1 is 1.58 bits per heavy atom. The summed E-state index contributed by atoms with van der Waals surface area (Å²) in [6, 6.07) is 5.37. The quantitative estimate of drug-likeness (QED) is 0.682. The van der Waals surface area contributed by atoms with E-state index in [1.807, 2.05) is 6.07 Å². The van der Waals surface area contributed by atoms with Crippen molar-refractivity contribution in [2.75, 3.05) is 0 Å². The lowest BCUT2D eigenvalue weighted by molar-refractivity contribution is -0.132. The molecule has 1 aromatic rings. The summed E-state index contributed by atoms with van der Waals surface area (Å²) in [5, 5.41) is 8.52. The zero-order valence-electron chi connectivity index (χ0n) is 6.53. The second-order valence-corrected chi connectivity index (χ2v) is 2.41. The first-order chi connectivity index (χ1) is 5.70. The molecule has 62 valence electrons. The van der Waals surface area contributed by atoms with Crippen LogP contribution in [0.1, 0.15) is 5.69 Å². The smallest absolute Gasteiger partial charge is 0.331 e. The normalized spacial score (nSPS) is 9.33. The molecule has 3 heteroatoms. The van der Waals surface area contributed by atoms with Crippen molar-refractivity contribution in [2.24, 2.45) is 0 Å². The van der Waals surface area contributed by atoms with Crippen LogP contribution in [-0.4, -0.2) is 16.1 Å². The zero-order chi connectivity index (χ0) is 8.97. The molecular formula is C9H9NO2. The van der Waals surface area contributed by atoms with Crippen molar-refractivity contribution in [3.8, 4) is 0 Å². The molecular weight excluding hydrogens is 154 g/mol. The fourth-order valence-electron chi connectivity index (χ4n) is 0.797. The third-order valence-electron chi connectivity index (χ3n) is 1.42. The summed E-state index contributed by atoms with van der Waals surface area (Å²) in [7, 11) is 0. The number of nitrogens with zero attached hydrogens (tertiary/aromatic N) is 1. The molecule has 0 aromatic carbocycles. The van der Waals surface area contributed by atoms with E-state index in [1.54, 1.807) is 18.3 Å². The van der Waals surface area contributed by atoms with Gasteiger partial charge in [0.2, 0.25) is 0 Å². The molecule has 1 heterocycles. The molecule has 12 heavy (non-hydrogen) atoms. The predicted octanol–water partition coefficient (Wildman–Crippen LogP) is 1.26. The number of hydrogen-bond donors (Lipinski definition) is 1. The maximum Gasteiger partial charge on any atom is 0.331 e. The summed E-state index contributed by atoms with van der Waals surface area (Å²) in [6.07, 6.45) is 1.93. The van der Waals surface area contributed by atoms with Gasteiger partial charge in [-0.25, -0.2) is 4.79 Å². The molecule has 0 spiro atoms. The summed E-state index contributed by atoms with van der Waals surface area (Å²) in [5.74, 6) is -0.972. The van der Waals surface area contributed by atoms with Gasteiger partial charge in [0.15, 0.2) is 0 Å². The van der Waals surface area contributed by atoms with Gasteiger partial charge in [-0.3, -0.25) is 4.98 Å². The molecule has 0 amide bonds. The molecule has 1 rings (SSSR count). The fraction of sp³-hybridized carbons (Fsp3) is 0.111. The van der Waals surface area contributed by atoms with Crippen molar-refractivity contribution in [1.29, 1.82) is 0 Å². The standard InChI is InChI=1S/C9H9NO2/c1-7(9(11)12)6-8-4-2-3-5-10-8/h2-5H,1,6H2,(H,11,12). The Hall–Kier alpha value is -1.64. The van der Waals surface area contributed by atoms with Gasteiger partial charge in [0, 0.05) is 23.9 Å². The Kier molecular flexibility index (Phi) is 2.58. The maximum absolute atomic E-state index is 10.4. The van der Waals surface area contributed by atoms with Gasteiger partial charge in [0.25, 0.3) is 0 Å². The van der Waals surface area contributed by atoms with Crippen molar-refractivity contribution < 1.29 is 9.90 Å². The van der Waals surface area contributed by atoms with Crippen LogP contribution in [0.2, 0.25) is 0 Å². The highest BCUT2D eigenvalue weighted by molar-refractivity contribution is 5.86. The molecule has 3 nitrogen and oxygen atoms in total. The van der Waals surface area contributed by atoms with Crippen LogP contribution >= 0.6 is 0 Å². The molecule has 0 saturated carbocycles. The van der Waals surface area contributed by atoms with Crippen LogP contribution in [-0.2, 0) is 11.2 Å². The highest BCUT2D eigenvalue weighted by Gasteiger charge is 2.04. The molecule has 0 saturated heterocycles. The predicted molar refractivity (Wildman–Crippen MR) is 44.7 cm³/mol. The Morgan fingerprint density at radius 2 is 2.33 bits per heavy atom. The first-order valence-corrected chi connectivity index (χ1v) is 3.51. The summed E-state index contributed by atoms with van der Waals surface area (Å²) in [6.45, 7) is 3.41. The van der Waals surface area contributed by atoms with Crippen molar-refractivity contribution >= 4 is 5.97 Å². The van der Waals surface area contributed by atoms with E-state index in [4.69, 9.17) is 5.11 Å². The minimum Gasteiger partial charge on any atom is -0.478 e. The number of pyridine rings is 1. The topological polar surface area (TPSA) is 50.2 Å². The average Bonchev–Trinajstić information content (AvgIpc) is 2.06. The van der Waals surface area contributed by atoms with Gasteiger partial charge in [-0.1, -0.05) is 12.6 Å². The highest BCUT2D eigenvalue weighted by Crippen LogP contribution is 2.02. The SMILES string of the molecule is C=C(Cc1ccccn1)C(=O)O. The number of aliphatic carboxylic acids is 1. The number of hydrogen-bond acceptors (Lipinski definition) is 2. The van der Waals surface area contributed by atoms with Crippen LogP contribution in [0.4, 0.5) is 0 Å². The van der Waals surface area contributed by atoms with Crippen molar-refractivity contribution in [3.05, 3.63) is 42.2 Å². The van der Waals surface area contributed by atoms with E-state index in [2.05, 4.69) is 11.6 Å². The number of aromatic nitrogens is 1. The second kappa shape index (κ2) is 3.67. The molecule has 0 atom stereocenters. The minimum atomic E-state index is -0.972. The molecule has 1 N–H and O–H groups in total. The average molecular weight is 163 g/mol. The van der Waals surface area contributed by atoms with E-state index in [1.165, 1.54) is 0 Å². The van der Waals surface area contributed by atoms with Crippen LogP contribution in [0.15, 0.2) is 36.5 Å². The molecule has 1 aromatic heterocycles. The lowest BCUT2D eigenvalue weighted by Crippen LogP contribution is -2.02. The molecule has 0 aliphatic rings. The van der Waals surface area contributed by atoms with Crippen molar-refractivity contribution in [3.63, 3.8) is 0 Å². The summed E-state index contributed by atoms with van der Waals surface area (Å²) >= 11 is 0. The number of carboxylic acid groups (broad SMARTS) is 1. The minimum absolute atomic E-state index is 0.161. The first kappa shape index (κ1) is 8.46. The van der Waals surface area contributed by atoms with E-state index in [0.717, 1.165) is 5.69 Å². The summed E-state index contributed by atoms with van der Waals surface area (Å²) in [4.78, 5) is 14.4. The third kappa shape index (κ3) is 2.20. The largest absolute Gasteiger partial charge is 0.478 e. The van der Waals surface area contributed by atoms with Crippen LogP contribution < -0.4 is 0 Å². The monoisotopic (exact) mass is 163 g/mol.